The number of nitrogens with two attached hydrogens (primary N) is 1. The molecule has 0 radical (unpaired) electrons. The summed E-state index contributed by atoms with van der Waals surface area (Å²) in [5, 5.41) is 2.42. The Balaban J connectivity index is 1.83. The monoisotopic (exact) mass is 278 g/mol. The van der Waals surface area contributed by atoms with E-state index in [4.69, 9.17) is 15.2 Å². The summed E-state index contributed by atoms with van der Waals surface area (Å²) in [5.41, 5.74) is 5.96. The Morgan fingerprint density at radius 3 is 2.65 bits per heavy atom. The quantitative estimate of drug-likeness (QED) is 0.823. The van der Waals surface area contributed by atoms with Crippen molar-refractivity contribution < 1.29 is 19.1 Å². The van der Waals surface area contributed by atoms with Crippen LogP contribution < -0.4 is 11.1 Å². The molecule has 2 rings (SSSR count). The normalized spacial score (nSPS) is 18.3. The Morgan fingerprint density at radius 1 is 1.30 bits per heavy atom. The molecule has 108 valence electrons. The van der Waals surface area contributed by atoms with Crippen molar-refractivity contribution in [3.63, 3.8) is 0 Å². The summed E-state index contributed by atoms with van der Waals surface area (Å²) < 4.78 is 10.7. The second-order valence-corrected chi connectivity index (χ2v) is 4.65. The number of amides is 2. The van der Waals surface area contributed by atoms with Crippen LogP contribution in [0.15, 0.2) is 24.3 Å². The zero-order chi connectivity index (χ0) is 14.4. The van der Waals surface area contributed by atoms with Gasteiger partial charge in [-0.15, -0.1) is 0 Å². The zero-order valence-electron chi connectivity index (χ0n) is 11.1. The maximum Gasteiger partial charge on any atom is 0.338 e. The lowest BCUT2D eigenvalue weighted by Gasteiger charge is -2.22. The molecule has 0 spiro atoms. The molecule has 1 saturated heterocycles. The number of benzene rings is 1. The van der Waals surface area contributed by atoms with Gasteiger partial charge in [0, 0.05) is 12.3 Å². The molecule has 1 atom stereocenters. The molecule has 0 aliphatic carbocycles. The minimum absolute atomic E-state index is 0.00324. The van der Waals surface area contributed by atoms with Gasteiger partial charge in [-0.05, 0) is 43.5 Å². The number of urea groups is 1. The smallest absolute Gasteiger partial charge is 0.338 e. The highest BCUT2D eigenvalue weighted by Crippen LogP contribution is 2.14. The number of rotatable bonds is 4. The van der Waals surface area contributed by atoms with Gasteiger partial charge >= 0.3 is 12.0 Å². The molecule has 1 aromatic carbocycles. The summed E-state index contributed by atoms with van der Waals surface area (Å²) in [6.45, 7) is 1.01. The highest BCUT2D eigenvalue weighted by atomic mass is 16.6. The first-order valence-corrected chi connectivity index (χ1v) is 6.60. The molecule has 1 aliphatic rings. The topological polar surface area (TPSA) is 90.7 Å². The van der Waals surface area contributed by atoms with Gasteiger partial charge in [0.05, 0.1) is 11.7 Å². The van der Waals surface area contributed by atoms with Crippen LogP contribution in [0.5, 0.6) is 0 Å². The summed E-state index contributed by atoms with van der Waals surface area (Å²) in [4.78, 5) is 22.5. The highest BCUT2D eigenvalue weighted by Gasteiger charge is 2.16. The molecular formula is C14H18N2O4. The number of nitrogens with one attached hydrogen (secondary N) is 1. The number of primary amides is 1. The molecule has 1 unspecified atom stereocenters. The Morgan fingerprint density at radius 2 is 2.05 bits per heavy atom. The van der Waals surface area contributed by atoms with Crippen LogP contribution in [0.1, 0.15) is 29.6 Å². The fourth-order valence-electron chi connectivity index (χ4n) is 2.02. The second-order valence-electron chi connectivity index (χ2n) is 4.65. The van der Waals surface area contributed by atoms with Crippen molar-refractivity contribution in [3.8, 4) is 0 Å². The Bertz CT molecular complexity index is 467. The average molecular weight is 278 g/mol. The third-order valence-electron chi connectivity index (χ3n) is 3.06. The standard InChI is InChI=1S/C14H18N2O4/c15-14(18)16-11-6-4-10(5-7-11)13(17)20-9-12-3-1-2-8-19-12/h4-7,12H,1-3,8-9H2,(H3,15,16,18). The molecule has 1 aromatic rings. The van der Waals surface area contributed by atoms with Crippen LogP contribution in [0.4, 0.5) is 10.5 Å². The van der Waals surface area contributed by atoms with E-state index in [2.05, 4.69) is 5.32 Å². The molecule has 6 nitrogen and oxygen atoms in total. The summed E-state index contributed by atoms with van der Waals surface area (Å²) in [5.74, 6) is -0.398. The summed E-state index contributed by atoms with van der Waals surface area (Å²) in [6.07, 6.45) is 3.10. The van der Waals surface area contributed by atoms with Crippen LogP contribution in [0.3, 0.4) is 0 Å². The van der Waals surface area contributed by atoms with E-state index in [0.717, 1.165) is 25.9 Å². The first kappa shape index (κ1) is 14.3. The molecule has 1 heterocycles. The van der Waals surface area contributed by atoms with E-state index in [9.17, 15) is 9.59 Å². The van der Waals surface area contributed by atoms with Crippen molar-refractivity contribution in [2.45, 2.75) is 25.4 Å². The van der Waals surface area contributed by atoms with Gasteiger partial charge in [0.2, 0.25) is 0 Å². The van der Waals surface area contributed by atoms with Crippen molar-refractivity contribution >= 4 is 17.7 Å². The maximum atomic E-state index is 11.8. The van der Waals surface area contributed by atoms with Gasteiger partial charge in [-0.25, -0.2) is 9.59 Å². The predicted octanol–water partition coefficient (Wildman–Crippen LogP) is 1.90. The van der Waals surface area contributed by atoms with Crippen molar-refractivity contribution in [1.29, 1.82) is 0 Å². The minimum Gasteiger partial charge on any atom is -0.459 e. The van der Waals surface area contributed by atoms with E-state index >= 15 is 0 Å². The first-order chi connectivity index (χ1) is 9.65. The highest BCUT2D eigenvalue weighted by molar-refractivity contribution is 5.91. The average Bonchev–Trinajstić information content (AvgIpc) is 2.46. The second kappa shape index (κ2) is 6.91. The molecule has 3 N–H and O–H groups in total. The van der Waals surface area contributed by atoms with E-state index in [1.165, 1.54) is 0 Å². The molecule has 20 heavy (non-hydrogen) atoms. The molecule has 1 aliphatic heterocycles. The molecule has 0 saturated carbocycles. The van der Waals surface area contributed by atoms with Crippen LogP contribution in [-0.2, 0) is 9.47 Å². The zero-order valence-corrected chi connectivity index (χ0v) is 11.1. The summed E-state index contributed by atoms with van der Waals surface area (Å²) in [7, 11) is 0. The SMILES string of the molecule is NC(=O)Nc1ccc(C(=O)OCC2CCCCO2)cc1. The van der Waals surface area contributed by atoms with Crippen molar-refractivity contribution in [1.82, 2.24) is 0 Å². The number of carbonyl (C=O) groups excluding carboxylic acids is 2. The van der Waals surface area contributed by atoms with E-state index in [1.54, 1.807) is 24.3 Å². The molecule has 6 heteroatoms. The minimum atomic E-state index is -0.644. The summed E-state index contributed by atoms with van der Waals surface area (Å²) >= 11 is 0. The van der Waals surface area contributed by atoms with Gasteiger partial charge < -0.3 is 20.5 Å². The molecule has 0 aromatic heterocycles. The fraction of sp³-hybridized carbons (Fsp3) is 0.429. The van der Waals surface area contributed by atoms with Gasteiger partial charge in [0.25, 0.3) is 0 Å². The van der Waals surface area contributed by atoms with Gasteiger partial charge in [-0.2, -0.15) is 0 Å². The number of ether oxygens (including phenoxy) is 2. The largest absolute Gasteiger partial charge is 0.459 e. The van der Waals surface area contributed by atoms with Gasteiger partial charge in [0.1, 0.15) is 6.61 Å². The van der Waals surface area contributed by atoms with Crippen LogP contribution >= 0.6 is 0 Å². The van der Waals surface area contributed by atoms with Crippen LogP contribution in [0.2, 0.25) is 0 Å². The van der Waals surface area contributed by atoms with Crippen LogP contribution in [0, 0.1) is 0 Å². The lowest BCUT2D eigenvalue weighted by molar-refractivity contribution is -0.0300. The number of carbonyl (C=O) groups is 2. The number of esters is 1. The van der Waals surface area contributed by atoms with E-state index in [0.29, 0.717) is 11.3 Å². The molecule has 1 fully saturated rings. The van der Waals surface area contributed by atoms with Crippen LogP contribution in [-0.4, -0.2) is 31.3 Å². The van der Waals surface area contributed by atoms with Gasteiger partial charge in [0.15, 0.2) is 0 Å². The fourth-order valence-corrected chi connectivity index (χ4v) is 2.02. The number of hydrogen-bond acceptors (Lipinski definition) is 4. The number of hydrogen-bond donors (Lipinski definition) is 2. The summed E-state index contributed by atoms with van der Waals surface area (Å²) in [6, 6.07) is 5.71. The maximum absolute atomic E-state index is 11.8. The first-order valence-electron chi connectivity index (χ1n) is 6.60. The Hall–Kier alpha value is -2.08. The van der Waals surface area contributed by atoms with Crippen molar-refractivity contribution in [2.24, 2.45) is 5.73 Å². The third-order valence-corrected chi connectivity index (χ3v) is 3.06. The lowest BCUT2D eigenvalue weighted by atomic mass is 10.1. The van der Waals surface area contributed by atoms with E-state index in [1.807, 2.05) is 0 Å². The number of anilines is 1. The van der Waals surface area contributed by atoms with Crippen molar-refractivity contribution in [3.05, 3.63) is 29.8 Å². The predicted molar refractivity (Wildman–Crippen MR) is 73.5 cm³/mol. The molecular weight excluding hydrogens is 260 g/mol. The Labute approximate surface area is 117 Å². The van der Waals surface area contributed by atoms with Crippen LogP contribution in [0.25, 0.3) is 0 Å². The van der Waals surface area contributed by atoms with Gasteiger partial charge in [-0.3, -0.25) is 0 Å². The molecule has 0 bridgehead atoms. The lowest BCUT2D eigenvalue weighted by Crippen LogP contribution is -2.26. The molecule has 2 amide bonds. The van der Waals surface area contributed by atoms with E-state index < -0.39 is 12.0 Å². The third kappa shape index (κ3) is 4.24. The van der Waals surface area contributed by atoms with E-state index in [-0.39, 0.29) is 12.7 Å². The Kier molecular flexibility index (Phi) is 4.95. The van der Waals surface area contributed by atoms with Crippen molar-refractivity contribution in [2.75, 3.05) is 18.5 Å². The van der Waals surface area contributed by atoms with Gasteiger partial charge in [-0.1, -0.05) is 0 Å².